The van der Waals surface area contributed by atoms with Crippen molar-refractivity contribution >= 4 is 23.1 Å². The molecule has 0 aromatic carbocycles. The van der Waals surface area contributed by atoms with E-state index >= 15 is 0 Å². The second kappa shape index (κ2) is 6.41. The van der Waals surface area contributed by atoms with E-state index in [1.165, 1.54) is 18.3 Å². The first-order chi connectivity index (χ1) is 10.7. The Bertz CT molecular complexity index is 620. The summed E-state index contributed by atoms with van der Waals surface area (Å²) in [6.07, 6.45) is -3.88. The lowest BCUT2D eigenvalue weighted by Crippen LogP contribution is -2.57. The first kappa shape index (κ1) is 17.0. The number of anilines is 2. The predicted octanol–water partition coefficient (Wildman–Crippen LogP) is 0.957. The van der Waals surface area contributed by atoms with Crippen LogP contribution in [0, 0.1) is 5.41 Å². The molecule has 1 aromatic rings. The van der Waals surface area contributed by atoms with E-state index in [2.05, 4.69) is 15.3 Å². The van der Waals surface area contributed by atoms with Gasteiger partial charge in [0.1, 0.15) is 5.82 Å². The van der Waals surface area contributed by atoms with Crippen molar-refractivity contribution in [1.82, 2.24) is 20.6 Å². The molecule has 2 rings (SSSR count). The van der Waals surface area contributed by atoms with Gasteiger partial charge in [0.15, 0.2) is 0 Å². The standard InChI is InChI=1S/C13H18F3N7/c1-7(17)9(4-20-13(14,15)16)10-3-11(22-12(18)21-10)23-5-8(6-23)19-2/h3-4,8,17,19-20H,5-6H2,1-2H3,(H2,18,21,22)/b9-4+,17-7?. The number of aromatic nitrogens is 2. The van der Waals surface area contributed by atoms with E-state index in [4.69, 9.17) is 11.1 Å². The maximum atomic E-state index is 12.3. The largest absolute Gasteiger partial charge is 0.481 e. The summed E-state index contributed by atoms with van der Waals surface area (Å²) in [6, 6.07) is 1.87. The van der Waals surface area contributed by atoms with Gasteiger partial charge in [-0.15, -0.1) is 0 Å². The van der Waals surface area contributed by atoms with Crippen LogP contribution in [0.2, 0.25) is 0 Å². The number of nitrogen functional groups attached to an aromatic ring is 1. The second-order valence-electron chi connectivity index (χ2n) is 5.19. The summed E-state index contributed by atoms with van der Waals surface area (Å²) in [4.78, 5) is 9.97. The van der Waals surface area contributed by atoms with Gasteiger partial charge >= 0.3 is 6.30 Å². The molecule has 126 valence electrons. The van der Waals surface area contributed by atoms with Gasteiger partial charge in [-0.25, -0.2) is 4.98 Å². The van der Waals surface area contributed by atoms with Gasteiger partial charge in [0.25, 0.3) is 0 Å². The third-order valence-electron chi connectivity index (χ3n) is 3.40. The first-order valence-electron chi connectivity index (χ1n) is 6.87. The van der Waals surface area contributed by atoms with Crippen molar-refractivity contribution in [2.24, 2.45) is 0 Å². The Labute approximate surface area is 131 Å². The van der Waals surface area contributed by atoms with Gasteiger partial charge in [-0.05, 0) is 14.0 Å². The van der Waals surface area contributed by atoms with E-state index in [0.29, 0.717) is 18.1 Å². The van der Waals surface area contributed by atoms with Crippen LogP contribution in [-0.4, -0.2) is 48.2 Å². The van der Waals surface area contributed by atoms with Crippen LogP contribution in [0.3, 0.4) is 0 Å². The molecule has 5 N–H and O–H groups in total. The summed E-state index contributed by atoms with van der Waals surface area (Å²) in [6.45, 7) is 2.81. The molecule has 1 fully saturated rings. The smallest absolute Gasteiger partial charge is 0.368 e. The Balaban J connectivity index is 2.29. The molecule has 0 spiro atoms. The molecule has 2 heterocycles. The maximum Gasteiger partial charge on any atom is 0.481 e. The molecule has 0 radical (unpaired) electrons. The lowest BCUT2D eigenvalue weighted by atomic mass is 10.1. The van der Waals surface area contributed by atoms with E-state index in [-0.39, 0.29) is 22.9 Å². The van der Waals surface area contributed by atoms with Crippen LogP contribution >= 0.6 is 0 Å². The van der Waals surface area contributed by atoms with Crippen molar-refractivity contribution < 1.29 is 13.2 Å². The fourth-order valence-corrected chi connectivity index (χ4v) is 2.13. The number of hydrogen-bond donors (Lipinski definition) is 4. The van der Waals surface area contributed by atoms with Crippen LogP contribution in [-0.2, 0) is 0 Å². The molecule has 1 aromatic heterocycles. The molecule has 1 saturated heterocycles. The van der Waals surface area contributed by atoms with Crippen molar-refractivity contribution in [3.8, 4) is 0 Å². The number of nitrogens with two attached hydrogens (primary N) is 1. The minimum absolute atomic E-state index is 0.00312. The van der Waals surface area contributed by atoms with Gasteiger partial charge in [-0.2, -0.15) is 18.2 Å². The van der Waals surface area contributed by atoms with Crippen LogP contribution in [0.4, 0.5) is 24.9 Å². The zero-order valence-corrected chi connectivity index (χ0v) is 12.7. The van der Waals surface area contributed by atoms with Crippen molar-refractivity contribution in [3.05, 3.63) is 18.0 Å². The molecular formula is C13H18F3N7. The molecule has 7 nitrogen and oxygen atoms in total. The zero-order chi connectivity index (χ0) is 17.2. The van der Waals surface area contributed by atoms with Gasteiger partial charge in [-0.3, -0.25) is 0 Å². The highest BCUT2D eigenvalue weighted by Gasteiger charge is 2.28. The summed E-state index contributed by atoms with van der Waals surface area (Å²) >= 11 is 0. The molecule has 0 aliphatic carbocycles. The van der Waals surface area contributed by atoms with Gasteiger partial charge in [0, 0.05) is 42.7 Å². The lowest BCUT2D eigenvalue weighted by molar-refractivity contribution is -0.146. The minimum Gasteiger partial charge on any atom is -0.368 e. The first-order valence-corrected chi connectivity index (χ1v) is 6.87. The van der Waals surface area contributed by atoms with E-state index in [1.807, 2.05) is 11.9 Å². The van der Waals surface area contributed by atoms with E-state index < -0.39 is 6.30 Å². The third-order valence-corrected chi connectivity index (χ3v) is 3.40. The molecule has 0 bridgehead atoms. The number of rotatable bonds is 5. The van der Waals surface area contributed by atoms with Crippen molar-refractivity contribution in [3.63, 3.8) is 0 Å². The molecule has 1 aliphatic heterocycles. The fraction of sp³-hybridized carbons (Fsp3) is 0.462. The second-order valence-corrected chi connectivity index (χ2v) is 5.19. The van der Waals surface area contributed by atoms with Crippen LogP contribution < -0.4 is 21.3 Å². The highest BCUT2D eigenvalue weighted by molar-refractivity contribution is 6.20. The summed E-state index contributed by atoms with van der Waals surface area (Å²) < 4.78 is 37.0. The zero-order valence-electron chi connectivity index (χ0n) is 12.7. The Morgan fingerprint density at radius 2 is 2.09 bits per heavy atom. The number of hydrogen-bond acceptors (Lipinski definition) is 7. The molecule has 10 heteroatoms. The van der Waals surface area contributed by atoms with Crippen LogP contribution in [0.15, 0.2) is 12.3 Å². The average molecular weight is 329 g/mol. The van der Waals surface area contributed by atoms with E-state index in [1.54, 1.807) is 0 Å². The Hall–Kier alpha value is -2.36. The maximum absolute atomic E-state index is 12.3. The Morgan fingerprint density at radius 3 is 2.61 bits per heavy atom. The summed E-state index contributed by atoms with van der Waals surface area (Å²) in [5, 5.41) is 12.1. The number of halogens is 3. The normalized spacial score (nSPS) is 16.2. The Morgan fingerprint density at radius 1 is 1.43 bits per heavy atom. The predicted molar refractivity (Wildman–Crippen MR) is 82.1 cm³/mol. The minimum atomic E-state index is -4.58. The summed E-state index contributed by atoms with van der Waals surface area (Å²) in [7, 11) is 1.85. The molecule has 0 saturated carbocycles. The number of alkyl halides is 3. The SMILES string of the molecule is CNC1CN(c2cc(/C(=C/NC(F)(F)F)C(C)=N)nc(N)n2)C1. The van der Waals surface area contributed by atoms with Crippen LogP contribution in [0.1, 0.15) is 12.6 Å². The van der Waals surface area contributed by atoms with Crippen molar-refractivity contribution in [1.29, 1.82) is 5.41 Å². The highest BCUT2D eigenvalue weighted by atomic mass is 19.4. The van der Waals surface area contributed by atoms with Gasteiger partial charge in [0.05, 0.1) is 5.69 Å². The molecule has 0 amide bonds. The molecule has 1 aliphatic rings. The monoisotopic (exact) mass is 329 g/mol. The van der Waals surface area contributed by atoms with E-state index in [9.17, 15) is 13.2 Å². The molecule has 0 atom stereocenters. The Kier molecular flexibility index (Phi) is 4.73. The van der Waals surface area contributed by atoms with Crippen LogP contribution in [0.5, 0.6) is 0 Å². The van der Waals surface area contributed by atoms with Crippen LogP contribution in [0.25, 0.3) is 5.57 Å². The summed E-state index contributed by atoms with van der Waals surface area (Å²) in [5.74, 6) is 0.475. The van der Waals surface area contributed by atoms with Crippen molar-refractivity contribution in [2.45, 2.75) is 19.3 Å². The lowest BCUT2D eigenvalue weighted by Gasteiger charge is -2.40. The van der Waals surface area contributed by atoms with E-state index in [0.717, 1.165) is 13.1 Å². The fourth-order valence-electron chi connectivity index (χ4n) is 2.13. The highest BCUT2D eigenvalue weighted by Crippen LogP contribution is 2.24. The summed E-state index contributed by atoms with van der Waals surface area (Å²) in [5.41, 5.74) is 5.77. The van der Waals surface area contributed by atoms with Gasteiger partial charge in [-0.1, -0.05) is 0 Å². The van der Waals surface area contributed by atoms with Gasteiger partial charge in [0.2, 0.25) is 5.95 Å². The number of allylic oxidation sites excluding steroid dienone is 1. The molecule has 23 heavy (non-hydrogen) atoms. The van der Waals surface area contributed by atoms with Crippen molar-refractivity contribution in [2.75, 3.05) is 30.8 Å². The topological polar surface area (TPSA) is 103 Å². The number of nitrogens with one attached hydrogen (secondary N) is 3. The molecule has 0 unspecified atom stereocenters. The quantitative estimate of drug-likeness (QED) is 0.474. The molecular weight excluding hydrogens is 311 g/mol. The van der Waals surface area contributed by atoms with Gasteiger partial charge < -0.3 is 26.7 Å². The average Bonchev–Trinajstić information content (AvgIpc) is 2.35. The number of nitrogens with zero attached hydrogens (tertiary/aromatic N) is 3. The number of likely N-dealkylation sites (N-methyl/N-ethyl adjacent to an activating group) is 1. The third kappa shape index (κ3) is 4.31.